The average molecular weight is 355 g/mol. The molecule has 6 heteroatoms. The Morgan fingerprint density at radius 2 is 1.48 bits per heavy atom. The van der Waals surface area contributed by atoms with Crippen molar-refractivity contribution in [3.05, 3.63) is 72.4 Å². The lowest BCUT2D eigenvalue weighted by atomic mass is 10.1. The summed E-state index contributed by atoms with van der Waals surface area (Å²) >= 11 is 0. The molecule has 128 valence electrons. The molecule has 0 unspecified atom stereocenters. The normalized spacial score (nSPS) is 11.1. The van der Waals surface area contributed by atoms with E-state index < -0.39 is 10.1 Å². The van der Waals surface area contributed by atoms with Crippen LogP contribution in [0.3, 0.4) is 0 Å². The number of aryl methyl sites for hydroxylation is 1. The van der Waals surface area contributed by atoms with Gasteiger partial charge in [-0.2, -0.15) is 8.42 Å². The molecule has 3 rings (SSSR count). The summed E-state index contributed by atoms with van der Waals surface area (Å²) < 4.78 is 34.7. The van der Waals surface area contributed by atoms with E-state index in [1.165, 1.54) is 18.2 Å². The average Bonchev–Trinajstić information content (AvgIpc) is 2.62. The van der Waals surface area contributed by atoms with Gasteiger partial charge in [0.2, 0.25) is 5.88 Å². The van der Waals surface area contributed by atoms with E-state index in [1.54, 1.807) is 31.5 Å². The second-order valence-corrected chi connectivity index (χ2v) is 7.01. The maximum atomic E-state index is 12.3. The second kappa shape index (κ2) is 6.94. The summed E-state index contributed by atoms with van der Waals surface area (Å²) in [6, 6.07) is 17.3. The third kappa shape index (κ3) is 3.97. The first-order chi connectivity index (χ1) is 12.0. The van der Waals surface area contributed by atoms with Crippen LogP contribution in [-0.2, 0) is 10.1 Å². The quantitative estimate of drug-likeness (QED) is 0.651. The Balaban J connectivity index is 1.79. The lowest BCUT2D eigenvalue weighted by Crippen LogP contribution is -2.10. The summed E-state index contributed by atoms with van der Waals surface area (Å²) in [4.78, 5) is 4.19. The van der Waals surface area contributed by atoms with Gasteiger partial charge in [0.25, 0.3) is 0 Å². The SMILES string of the molecule is COc1ccc(-c2ccc(OS(=O)(=O)c3ccc(C)cc3)nc2)cc1. The molecular weight excluding hydrogens is 338 g/mol. The highest BCUT2D eigenvalue weighted by molar-refractivity contribution is 7.87. The van der Waals surface area contributed by atoms with Crippen molar-refractivity contribution in [1.29, 1.82) is 0 Å². The van der Waals surface area contributed by atoms with E-state index in [2.05, 4.69) is 4.98 Å². The highest BCUT2D eigenvalue weighted by atomic mass is 32.2. The molecule has 0 aliphatic carbocycles. The Hall–Kier alpha value is -2.86. The number of rotatable bonds is 5. The van der Waals surface area contributed by atoms with Gasteiger partial charge in [-0.15, -0.1) is 0 Å². The van der Waals surface area contributed by atoms with Gasteiger partial charge < -0.3 is 8.92 Å². The lowest BCUT2D eigenvalue weighted by molar-refractivity contribution is 0.415. The molecular formula is C19H17NO4S. The number of hydrogen-bond donors (Lipinski definition) is 0. The fraction of sp³-hybridized carbons (Fsp3) is 0.105. The summed E-state index contributed by atoms with van der Waals surface area (Å²) in [5.74, 6) is 0.790. The predicted molar refractivity (Wildman–Crippen MR) is 95.2 cm³/mol. The molecule has 0 saturated carbocycles. The van der Waals surface area contributed by atoms with E-state index in [-0.39, 0.29) is 10.8 Å². The number of pyridine rings is 1. The number of hydrogen-bond acceptors (Lipinski definition) is 5. The third-order valence-corrected chi connectivity index (χ3v) is 4.90. The van der Waals surface area contributed by atoms with Crippen LogP contribution in [0.1, 0.15) is 5.56 Å². The Labute approximate surface area is 147 Å². The first-order valence-electron chi connectivity index (χ1n) is 7.59. The molecule has 1 aromatic heterocycles. The van der Waals surface area contributed by atoms with Crippen molar-refractivity contribution in [2.75, 3.05) is 7.11 Å². The molecule has 0 spiro atoms. The van der Waals surface area contributed by atoms with Gasteiger partial charge in [0, 0.05) is 17.8 Å². The summed E-state index contributed by atoms with van der Waals surface area (Å²) in [6.45, 7) is 1.89. The predicted octanol–water partition coefficient (Wildman–Crippen LogP) is 3.83. The molecule has 3 aromatic rings. The van der Waals surface area contributed by atoms with E-state index in [9.17, 15) is 8.42 Å². The van der Waals surface area contributed by atoms with E-state index in [0.29, 0.717) is 0 Å². The van der Waals surface area contributed by atoms with Crippen molar-refractivity contribution in [2.24, 2.45) is 0 Å². The molecule has 25 heavy (non-hydrogen) atoms. The van der Waals surface area contributed by atoms with Crippen molar-refractivity contribution >= 4 is 10.1 Å². The molecule has 0 bridgehead atoms. The van der Waals surface area contributed by atoms with Crippen molar-refractivity contribution in [3.8, 4) is 22.8 Å². The Kier molecular flexibility index (Phi) is 4.72. The van der Waals surface area contributed by atoms with Crippen molar-refractivity contribution in [2.45, 2.75) is 11.8 Å². The summed E-state index contributed by atoms with van der Waals surface area (Å²) in [6.07, 6.45) is 1.57. The molecule has 2 aromatic carbocycles. The smallest absolute Gasteiger partial charge is 0.340 e. The number of benzene rings is 2. The van der Waals surface area contributed by atoms with E-state index >= 15 is 0 Å². The van der Waals surface area contributed by atoms with Crippen molar-refractivity contribution in [1.82, 2.24) is 4.98 Å². The van der Waals surface area contributed by atoms with Gasteiger partial charge in [-0.05, 0) is 42.8 Å². The van der Waals surface area contributed by atoms with Crippen LogP contribution in [-0.4, -0.2) is 20.5 Å². The minimum absolute atomic E-state index is 0.0258. The van der Waals surface area contributed by atoms with Crippen molar-refractivity contribution < 1.29 is 17.3 Å². The minimum Gasteiger partial charge on any atom is -0.497 e. The fourth-order valence-corrected chi connectivity index (χ4v) is 3.14. The molecule has 0 atom stereocenters. The number of ether oxygens (including phenoxy) is 1. The van der Waals surface area contributed by atoms with Crippen LogP contribution in [0.25, 0.3) is 11.1 Å². The molecule has 0 N–H and O–H groups in total. The maximum Gasteiger partial charge on any atom is 0.340 e. The summed E-state index contributed by atoms with van der Waals surface area (Å²) in [7, 11) is -2.29. The zero-order valence-corrected chi connectivity index (χ0v) is 14.7. The number of methoxy groups -OCH3 is 1. The van der Waals surface area contributed by atoms with Crippen LogP contribution in [0.15, 0.2) is 71.8 Å². The monoisotopic (exact) mass is 355 g/mol. The lowest BCUT2D eigenvalue weighted by Gasteiger charge is -2.08. The van der Waals surface area contributed by atoms with Crippen LogP contribution < -0.4 is 8.92 Å². The highest BCUT2D eigenvalue weighted by Crippen LogP contribution is 2.24. The largest absolute Gasteiger partial charge is 0.497 e. The first-order valence-corrected chi connectivity index (χ1v) is 9.00. The van der Waals surface area contributed by atoms with Gasteiger partial charge in [-0.25, -0.2) is 4.98 Å². The fourth-order valence-electron chi connectivity index (χ4n) is 2.25. The second-order valence-electron chi connectivity index (χ2n) is 5.46. The van der Waals surface area contributed by atoms with Crippen molar-refractivity contribution in [3.63, 3.8) is 0 Å². The van der Waals surface area contributed by atoms with Gasteiger partial charge in [0.1, 0.15) is 10.6 Å². The van der Waals surface area contributed by atoms with Crippen LogP contribution in [0, 0.1) is 6.92 Å². The Morgan fingerprint density at radius 3 is 2.04 bits per heavy atom. The molecule has 0 amide bonds. The number of aromatic nitrogens is 1. The molecule has 5 nitrogen and oxygen atoms in total. The Bertz CT molecular complexity index is 948. The molecule has 0 aliphatic rings. The zero-order chi connectivity index (χ0) is 17.9. The first kappa shape index (κ1) is 17.0. The van der Waals surface area contributed by atoms with Gasteiger partial charge in [0.15, 0.2) is 0 Å². The van der Waals surface area contributed by atoms with Crippen LogP contribution in [0.2, 0.25) is 0 Å². The van der Waals surface area contributed by atoms with E-state index in [4.69, 9.17) is 8.92 Å². The third-order valence-electron chi connectivity index (χ3n) is 3.66. The summed E-state index contributed by atoms with van der Waals surface area (Å²) in [5.41, 5.74) is 2.77. The number of nitrogens with zero attached hydrogens (tertiary/aromatic N) is 1. The highest BCUT2D eigenvalue weighted by Gasteiger charge is 2.17. The van der Waals surface area contributed by atoms with E-state index in [0.717, 1.165) is 22.4 Å². The van der Waals surface area contributed by atoms with Gasteiger partial charge in [-0.3, -0.25) is 0 Å². The van der Waals surface area contributed by atoms with Crippen LogP contribution in [0.5, 0.6) is 11.6 Å². The van der Waals surface area contributed by atoms with Gasteiger partial charge in [0.05, 0.1) is 7.11 Å². The van der Waals surface area contributed by atoms with Gasteiger partial charge >= 0.3 is 10.1 Å². The van der Waals surface area contributed by atoms with E-state index in [1.807, 2.05) is 31.2 Å². The minimum atomic E-state index is -3.90. The summed E-state index contributed by atoms with van der Waals surface area (Å²) in [5, 5.41) is 0. The molecule has 0 saturated heterocycles. The molecule has 0 fully saturated rings. The van der Waals surface area contributed by atoms with Crippen LogP contribution in [0.4, 0.5) is 0 Å². The Morgan fingerprint density at radius 1 is 0.840 bits per heavy atom. The maximum absolute atomic E-state index is 12.3. The standard InChI is InChI=1S/C19H17NO4S/c1-14-3-10-18(11-4-14)25(21,22)24-19-12-7-16(13-20-19)15-5-8-17(23-2)9-6-15/h3-13H,1-2H3. The topological polar surface area (TPSA) is 65.5 Å². The molecule has 0 aliphatic heterocycles. The molecule has 0 radical (unpaired) electrons. The zero-order valence-electron chi connectivity index (χ0n) is 13.8. The van der Waals surface area contributed by atoms with Crippen LogP contribution >= 0.6 is 0 Å². The van der Waals surface area contributed by atoms with Gasteiger partial charge in [-0.1, -0.05) is 29.8 Å². The molecule has 1 heterocycles.